The zero-order chi connectivity index (χ0) is 17.8. The van der Waals surface area contributed by atoms with Gasteiger partial charge in [0, 0.05) is 24.6 Å². The molecule has 0 aliphatic rings. The Morgan fingerprint density at radius 1 is 1.24 bits per heavy atom. The fourth-order valence-electron chi connectivity index (χ4n) is 2.32. The quantitative estimate of drug-likeness (QED) is 0.748. The maximum atomic E-state index is 11.6. The number of carbonyl (C=O) groups is 1. The number of nitrogens with zero attached hydrogens (tertiary/aromatic N) is 3. The summed E-state index contributed by atoms with van der Waals surface area (Å²) in [5.41, 5.74) is 2.37. The Morgan fingerprint density at radius 3 is 2.80 bits per heavy atom. The van der Waals surface area contributed by atoms with Gasteiger partial charge < -0.3 is 14.7 Å². The smallest absolute Gasteiger partial charge is 0.258 e. The van der Waals surface area contributed by atoms with Crippen molar-refractivity contribution in [2.24, 2.45) is 0 Å². The zero-order valence-electron chi connectivity index (χ0n) is 13.9. The third-order valence-electron chi connectivity index (χ3n) is 3.71. The van der Waals surface area contributed by atoms with Crippen LogP contribution >= 0.6 is 11.6 Å². The largest absolute Gasteiger partial charge is 0.376 e. The van der Waals surface area contributed by atoms with Gasteiger partial charge in [-0.15, -0.1) is 0 Å². The van der Waals surface area contributed by atoms with E-state index in [2.05, 4.69) is 15.5 Å². The predicted molar refractivity (Wildman–Crippen MR) is 97.6 cm³/mol. The lowest BCUT2D eigenvalue weighted by Crippen LogP contribution is -2.23. The first-order valence-electron chi connectivity index (χ1n) is 7.70. The molecule has 0 unspecified atom stereocenters. The fraction of sp³-hybridized carbons (Fsp3) is 0.167. The van der Waals surface area contributed by atoms with Crippen LogP contribution in [0.25, 0.3) is 11.5 Å². The van der Waals surface area contributed by atoms with Crippen molar-refractivity contribution in [3.63, 3.8) is 0 Å². The van der Waals surface area contributed by atoms with E-state index in [-0.39, 0.29) is 5.91 Å². The maximum Gasteiger partial charge on any atom is 0.258 e. The van der Waals surface area contributed by atoms with Crippen LogP contribution < -0.4 is 10.2 Å². The standard InChI is InChI=1S/C18H17ClN4O2/c1-12(24)23(2)16-9-4-3-8-15(16)20-11-17-21-18(25-22-17)13-6-5-7-14(19)10-13/h3-10,20H,11H2,1-2H3. The van der Waals surface area contributed by atoms with Crippen LogP contribution in [-0.4, -0.2) is 23.1 Å². The normalized spacial score (nSPS) is 10.5. The van der Waals surface area contributed by atoms with E-state index in [1.807, 2.05) is 36.4 Å². The van der Waals surface area contributed by atoms with Crippen molar-refractivity contribution < 1.29 is 9.32 Å². The monoisotopic (exact) mass is 356 g/mol. The van der Waals surface area contributed by atoms with Gasteiger partial charge in [0.25, 0.3) is 5.89 Å². The van der Waals surface area contributed by atoms with E-state index in [0.29, 0.717) is 23.3 Å². The van der Waals surface area contributed by atoms with Gasteiger partial charge in [0.15, 0.2) is 5.82 Å². The highest BCUT2D eigenvalue weighted by molar-refractivity contribution is 6.30. The molecule has 0 atom stereocenters. The molecule has 0 bridgehead atoms. The summed E-state index contributed by atoms with van der Waals surface area (Å²) in [6.07, 6.45) is 0. The van der Waals surface area contributed by atoms with Gasteiger partial charge in [-0.1, -0.05) is 35.0 Å². The van der Waals surface area contributed by atoms with Crippen LogP contribution in [0.4, 0.5) is 11.4 Å². The molecule has 1 amide bonds. The molecule has 1 N–H and O–H groups in total. The molecule has 0 radical (unpaired) electrons. The molecule has 3 rings (SSSR count). The van der Waals surface area contributed by atoms with Gasteiger partial charge in [-0.05, 0) is 30.3 Å². The van der Waals surface area contributed by atoms with Crippen LogP contribution in [0.5, 0.6) is 0 Å². The summed E-state index contributed by atoms with van der Waals surface area (Å²) in [7, 11) is 1.73. The van der Waals surface area contributed by atoms with E-state index in [0.717, 1.165) is 16.9 Å². The highest BCUT2D eigenvalue weighted by Crippen LogP contribution is 2.25. The Kier molecular flexibility index (Phi) is 5.00. The predicted octanol–water partition coefficient (Wildman–Crippen LogP) is 3.98. The highest BCUT2D eigenvalue weighted by Gasteiger charge is 2.12. The molecule has 0 fully saturated rings. The third-order valence-corrected chi connectivity index (χ3v) is 3.95. The number of anilines is 2. The highest BCUT2D eigenvalue weighted by atomic mass is 35.5. The maximum absolute atomic E-state index is 11.6. The first-order chi connectivity index (χ1) is 12.0. The molecule has 25 heavy (non-hydrogen) atoms. The van der Waals surface area contributed by atoms with Crippen molar-refractivity contribution in [2.75, 3.05) is 17.3 Å². The van der Waals surface area contributed by atoms with Crippen molar-refractivity contribution >= 4 is 28.9 Å². The second-order valence-electron chi connectivity index (χ2n) is 5.47. The Bertz CT molecular complexity index is 894. The molecule has 0 saturated carbocycles. The lowest BCUT2D eigenvalue weighted by molar-refractivity contribution is -0.116. The van der Waals surface area contributed by atoms with E-state index in [9.17, 15) is 4.79 Å². The summed E-state index contributed by atoms with van der Waals surface area (Å²) in [6, 6.07) is 14.8. The first-order valence-corrected chi connectivity index (χ1v) is 8.08. The van der Waals surface area contributed by atoms with Crippen LogP contribution in [0.15, 0.2) is 53.1 Å². The Balaban J connectivity index is 1.74. The third kappa shape index (κ3) is 3.97. The van der Waals surface area contributed by atoms with Gasteiger partial charge >= 0.3 is 0 Å². The van der Waals surface area contributed by atoms with Gasteiger partial charge in [-0.25, -0.2) is 0 Å². The van der Waals surface area contributed by atoms with Crippen LogP contribution in [0, 0.1) is 0 Å². The van der Waals surface area contributed by atoms with Crippen molar-refractivity contribution in [1.82, 2.24) is 10.1 Å². The van der Waals surface area contributed by atoms with Crippen LogP contribution in [-0.2, 0) is 11.3 Å². The van der Waals surface area contributed by atoms with Crippen molar-refractivity contribution in [3.8, 4) is 11.5 Å². The molecule has 6 nitrogen and oxygen atoms in total. The zero-order valence-corrected chi connectivity index (χ0v) is 14.6. The molecule has 3 aromatic rings. The molecular formula is C18H17ClN4O2. The molecule has 1 aromatic heterocycles. The molecule has 0 aliphatic carbocycles. The molecule has 0 saturated heterocycles. The first kappa shape index (κ1) is 17.0. The van der Waals surface area contributed by atoms with Gasteiger partial charge in [0.05, 0.1) is 17.9 Å². The van der Waals surface area contributed by atoms with Crippen LogP contribution in [0.1, 0.15) is 12.7 Å². The average Bonchev–Trinajstić information content (AvgIpc) is 3.08. The van der Waals surface area contributed by atoms with E-state index >= 15 is 0 Å². The molecular weight excluding hydrogens is 340 g/mol. The number of halogens is 1. The molecule has 2 aromatic carbocycles. The number of aromatic nitrogens is 2. The fourth-order valence-corrected chi connectivity index (χ4v) is 2.51. The summed E-state index contributed by atoms with van der Waals surface area (Å²) in [6.45, 7) is 1.89. The minimum atomic E-state index is -0.0444. The molecule has 128 valence electrons. The number of carbonyl (C=O) groups excluding carboxylic acids is 1. The SMILES string of the molecule is CC(=O)N(C)c1ccccc1NCc1noc(-c2cccc(Cl)c2)n1. The second-order valence-corrected chi connectivity index (χ2v) is 5.91. The van der Waals surface area contributed by atoms with Gasteiger partial charge in [0.1, 0.15) is 0 Å². The number of para-hydroxylation sites is 2. The van der Waals surface area contributed by atoms with Crippen LogP contribution in [0.3, 0.4) is 0 Å². The minimum Gasteiger partial charge on any atom is -0.376 e. The number of hydrogen-bond acceptors (Lipinski definition) is 5. The minimum absolute atomic E-state index is 0.0444. The summed E-state index contributed by atoms with van der Waals surface area (Å²) >= 11 is 5.98. The Labute approximate surface area is 150 Å². The van der Waals surface area contributed by atoms with Crippen molar-refractivity contribution in [3.05, 3.63) is 59.4 Å². The Morgan fingerprint density at radius 2 is 2.04 bits per heavy atom. The Hall–Kier alpha value is -2.86. The number of amides is 1. The van der Waals surface area contributed by atoms with E-state index < -0.39 is 0 Å². The van der Waals surface area contributed by atoms with E-state index in [4.69, 9.17) is 16.1 Å². The molecule has 0 aliphatic heterocycles. The number of rotatable bonds is 5. The summed E-state index contributed by atoms with van der Waals surface area (Å²) in [5.74, 6) is 0.876. The van der Waals surface area contributed by atoms with E-state index in [1.54, 1.807) is 24.1 Å². The molecule has 0 spiro atoms. The van der Waals surface area contributed by atoms with Gasteiger partial charge in [0.2, 0.25) is 5.91 Å². The molecule has 1 heterocycles. The molecule has 7 heteroatoms. The van der Waals surface area contributed by atoms with E-state index in [1.165, 1.54) is 6.92 Å². The number of hydrogen-bond donors (Lipinski definition) is 1. The van der Waals surface area contributed by atoms with Gasteiger partial charge in [-0.3, -0.25) is 4.79 Å². The summed E-state index contributed by atoms with van der Waals surface area (Å²) in [4.78, 5) is 17.6. The lowest BCUT2D eigenvalue weighted by Gasteiger charge is -2.19. The van der Waals surface area contributed by atoms with Crippen LogP contribution in [0.2, 0.25) is 5.02 Å². The summed E-state index contributed by atoms with van der Waals surface area (Å²) < 4.78 is 5.29. The van der Waals surface area contributed by atoms with Gasteiger partial charge in [-0.2, -0.15) is 4.98 Å². The lowest BCUT2D eigenvalue weighted by atomic mass is 10.2. The van der Waals surface area contributed by atoms with Crippen molar-refractivity contribution in [1.29, 1.82) is 0 Å². The summed E-state index contributed by atoms with van der Waals surface area (Å²) in [5, 5.41) is 7.82. The second kappa shape index (κ2) is 7.36. The van der Waals surface area contributed by atoms with Crippen molar-refractivity contribution in [2.45, 2.75) is 13.5 Å². The average molecular weight is 357 g/mol. The number of nitrogens with one attached hydrogen (secondary N) is 1. The number of benzene rings is 2. The topological polar surface area (TPSA) is 71.3 Å².